The molecule has 0 unspecified atom stereocenters. The maximum atomic E-state index is 12.3. The predicted molar refractivity (Wildman–Crippen MR) is 100 cm³/mol. The Morgan fingerprint density at radius 2 is 1.88 bits per heavy atom. The molecule has 0 radical (unpaired) electrons. The summed E-state index contributed by atoms with van der Waals surface area (Å²) < 4.78 is 5.86. The fourth-order valence-corrected chi connectivity index (χ4v) is 2.78. The molecule has 0 aliphatic carbocycles. The summed E-state index contributed by atoms with van der Waals surface area (Å²) >= 11 is 0. The SMILES string of the molecule is CN1CCCCC1=NC(=O)Nc1ccccc1OCc1ccccc1. The van der Waals surface area contributed by atoms with Crippen LogP contribution in [0.1, 0.15) is 24.8 Å². The number of likely N-dealkylation sites (tertiary alicyclic amines) is 1. The Kier molecular flexibility index (Phi) is 5.67. The normalized spacial score (nSPS) is 15.9. The van der Waals surface area contributed by atoms with Crippen molar-refractivity contribution in [2.24, 2.45) is 4.99 Å². The average Bonchev–Trinajstić information content (AvgIpc) is 2.64. The topological polar surface area (TPSA) is 53.9 Å². The summed E-state index contributed by atoms with van der Waals surface area (Å²) in [5.74, 6) is 1.48. The molecule has 1 aliphatic rings. The summed E-state index contributed by atoms with van der Waals surface area (Å²) in [6.07, 6.45) is 3.07. The smallest absolute Gasteiger partial charge is 0.347 e. The largest absolute Gasteiger partial charge is 0.487 e. The Bertz CT molecular complexity index is 744. The monoisotopic (exact) mass is 337 g/mol. The van der Waals surface area contributed by atoms with Crippen LogP contribution in [0, 0.1) is 0 Å². The van der Waals surface area contributed by atoms with Crippen molar-refractivity contribution in [3.63, 3.8) is 0 Å². The molecule has 1 heterocycles. The highest BCUT2D eigenvalue weighted by molar-refractivity contribution is 6.00. The lowest BCUT2D eigenvalue weighted by molar-refractivity contribution is 0.258. The van der Waals surface area contributed by atoms with Gasteiger partial charge in [0.1, 0.15) is 18.2 Å². The summed E-state index contributed by atoms with van der Waals surface area (Å²) in [5, 5.41) is 2.84. The van der Waals surface area contributed by atoms with E-state index in [0.717, 1.165) is 37.2 Å². The molecule has 0 spiro atoms. The Morgan fingerprint density at radius 1 is 1.12 bits per heavy atom. The highest BCUT2D eigenvalue weighted by Gasteiger charge is 2.14. The zero-order valence-electron chi connectivity index (χ0n) is 14.4. The zero-order valence-corrected chi connectivity index (χ0v) is 14.4. The number of carbonyl (C=O) groups is 1. The number of rotatable bonds is 4. The second kappa shape index (κ2) is 8.33. The minimum atomic E-state index is -0.362. The molecule has 5 heteroatoms. The van der Waals surface area contributed by atoms with Gasteiger partial charge in [-0.1, -0.05) is 42.5 Å². The summed E-state index contributed by atoms with van der Waals surface area (Å²) in [4.78, 5) is 18.5. The number of ether oxygens (including phenoxy) is 1. The number of hydrogen-bond acceptors (Lipinski definition) is 2. The molecule has 0 aromatic heterocycles. The first kappa shape index (κ1) is 17.0. The Balaban J connectivity index is 1.66. The van der Waals surface area contributed by atoms with Crippen molar-refractivity contribution in [2.45, 2.75) is 25.9 Å². The van der Waals surface area contributed by atoms with Crippen molar-refractivity contribution in [3.05, 3.63) is 60.2 Å². The van der Waals surface area contributed by atoms with Crippen LogP contribution in [-0.4, -0.2) is 30.4 Å². The first-order chi connectivity index (χ1) is 12.2. The van der Waals surface area contributed by atoms with Gasteiger partial charge in [0.2, 0.25) is 0 Å². The van der Waals surface area contributed by atoms with Gasteiger partial charge in [-0.25, -0.2) is 4.79 Å². The maximum Gasteiger partial charge on any atom is 0.347 e. The Morgan fingerprint density at radius 3 is 2.68 bits per heavy atom. The number of urea groups is 1. The molecule has 1 N–H and O–H groups in total. The van der Waals surface area contributed by atoms with E-state index in [4.69, 9.17) is 4.74 Å². The molecule has 2 aromatic carbocycles. The van der Waals surface area contributed by atoms with Crippen LogP contribution >= 0.6 is 0 Å². The first-order valence-corrected chi connectivity index (χ1v) is 8.58. The van der Waals surface area contributed by atoms with Crippen LogP contribution in [0.3, 0.4) is 0 Å². The molecule has 0 saturated carbocycles. The second-order valence-electron chi connectivity index (χ2n) is 6.11. The van der Waals surface area contributed by atoms with Crippen molar-refractivity contribution in [2.75, 3.05) is 18.9 Å². The lowest BCUT2D eigenvalue weighted by atomic mass is 10.1. The molecule has 0 atom stereocenters. The van der Waals surface area contributed by atoms with E-state index in [1.807, 2.05) is 66.5 Å². The second-order valence-corrected chi connectivity index (χ2v) is 6.11. The molecule has 25 heavy (non-hydrogen) atoms. The summed E-state index contributed by atoms with van der Waals surface area (Å²) in [6, 6.07) is 17.0. The van der Waals surface area contributed by atoms with Crippen LogP contribution in [0.2, 0.25) is 0 Å². The van der Waals surface area contributed by atoms with Gasteiger partial charge in [0, 0.05) is 20.0 Å². The molecule has 0 bridgehead atoms. The molecule has 3 rings (SSSR count). The highest BCUT2D eigenvalue weighted by atomic mass is 16.5. The van der Waals surface area contributed by atoms with E-state index in [0.29, 0.717) is 18.0 Å². The average molecular weight is 337 g/mol. The molecule has 1 aliphatic heterocycles. The molecule has 2 amide bonds. The molecular formula is C20H23N3O2. The molecular weight excluding hydrogens is 314 g/mol. The minimum Gasteiger partial charge on any atom is -0.487 e. The number of aliphatic imine (C=N–C) groups is 1. The van der Waals surface area contributed by atoms with Gasteiger partial charge >= 0.3 is 6.03 Å². The number of nitrogens with zero attached hydrogens (tertiary/aromatic N) is 2. The fraction of sp³-hybridized carbons (Fsp3) is 0.300. The number of anilines is 1. The molecule has 5 nitrogen and oxygen atoms in total. The van der Waals surface area contributed by atoms with Crippen LogP contribution in [0.15, 0.2) is 59.6 Å². The van der Waals surface area contributed by atoms with E-state index in [9.17, 15) is 4.79 Å². The number of piperidine rings is 1. The number of carbonyl (C=O) groups excluding carboxylic acids is 1. The summed E-state index contributed by atoms with van der Waals surface area (Å²) in [7, 11) is 1.97. The fourth-order valence-electron chi connectivity index (χ4n) is 2.78. The van der Waals surface area contributed by atoms with E-state index in [2.05, 4.69) is 10.3 Å². The maximum absolute atomic E-state index is 12.3. The van der Waals surface area contributed by atoms with Crippen molar-refractivity contribution in [1.82, 2.24) is 4.90 Å². The van der Waals surface area contributed by atoms with Crippen molar-refractivity contribution < 1.29 is 9.53 Å². The quantitative estimate of drug-likeness (QED) is 0.904. The number of nitrogens with one attached hydrogen (secondary N) is 1. The lowest BCUT2D eigenvalue weighted by Crippen LogP contribution is -2.32. The van der Waals surface area contributed by atoms with E-state index in [1.165, 1.54) is 0 Å². The van der Waals surface area contributed by atoms with Gasteiger partial charge < -0.3 is 15.0 Å². The highest BCUT2D eigenvalue weighted by Crippen LogP contribution is 2.25. The third kappa shape index (κ3) is 4.83. The van der Waals surface area contributed by atoms with E-state index < -0.39 is 0 Å². The van der Waals surface area contributed by atoms with E-state index >= 15 is 0 Å². The number of para-hydroxylation sites is 2. The van der Waals surface area contributed by atoms with Crippen LogP contribution in [-0.2, 0) is 6.61 Å². The van der Waals surface area contributed by atoms with Crippen LogP contribution in [0.25, 0.3) is 0 Å². The van der Waals surface area contributed by atoms with Gasteiger partial charge in [0.15, 0.2) is 0 Å². The van der Waals surface area contributed by atoms with Crippen molar-refractivity contribution >= 4 is 17.6 Å². The van der Waals surface area contributed by atoms with Gasteiger partial charge in [-0.15, -0.1) is 0 Å². The number of amides is 2. The summed E-state index contributed by atoms with van der Waals surface area (Å²) in [5.41, 5.74) is 1.71. The van der Waals surface area contributed by atoms with Crippen LogP contribution in [0.5, 0.6) is 5.75 Å². The van der Waals surface area contributed by atoms with E-state index in [-0.39, 0.29) is 6.03 Å². The Labute approximate surface area is 148 Å². The summed E-state index contributed by atoms with van der Waals surface area (Å²) in [6.45, 7) is 1.40. The Hall–Kier alpha value is -2.82. The molecule has 2 aromatic rings. The third-order valence-electron chi connectivity index (χ3n) is 4.18. The van der Waals surface area contributed by atoms with E-state index in [1.54, 1.807) is 0 Å². The molecule has 1 fully saturated rings. The van der Waals surface area contributed by atoms with Crippen LogP contribution in [0.4, 0.5) is 10.5 Å². The van der Waals surface area contributed by atoms with Crippen molar-refractivity contribution in [3.8, 4) is 5.75 Å². The van der Waals surface area contributed by atoms with Gasteiger partial charge in [0.05, 0.1) is 5.69 Å². The minimum absolute atomic E-state index is 0.362. The van der Waals surface area contributed by atoms with Gasteiger partial charge in [0.25, 0.3) is 0 Å². The van der Waals surface area contributed by atoms with Gasteiger partial charge in [-0.2, -0.15) is 4.99 Å². The van der Waals surface area contributed by atoms with Gasteiger partial charge in [-0.3, -0.25) is 0 Å². The van der Waals surface area contributed by atoms with Crippen LogP contribution < -0.4 is 10.1 Å². The number of hydrogen-bond donors (Lipinski definition) is 1. The standard InChI is InChI=1S/C20H23N3O2/c1-23-14-8-7-13-19(23)22-20(24)21-17-11-5-6-12-18(17)25-15-16-9-3-2-4-10-16/h2-6,9-12H,7-8,13-15H2,1H3,(H,21,24). The van der Waals surface area contributed by atoms with Gasteiger partial charge in [-0.05, 0) is 30.5 Å². The number of benzene rings is 2. The number of amidine groups is 1. The predicted octanol–water partition coefficient (Wildman–Crippen LogP) is 4.31. The molecule has 130 valence electrons. The zero-order chi connectivity index (χ0) is 17.5. The van der Waals surface area contributed by atoms with Crippen molar-refractivity contribution in [1.29, 1.82) is 0 Å². The first-order valence-electron chi connectivity index (χ1n) is 8.58. The third-order valence-corrected chi connectivity index (χ3v) is 4.18. The lowest BCUT2D eigenvalue weighted by Gasteiger charge is -2.25. The molecule has 1 saturated heterocycles.